The Bertz CT molecular complexity index is 1360. The lowest BCUT2D eigenvalue weighted by Crippen LogP contribution is -2.39. The van der Waals surface area contributed by atoms with Crippen molar-refractivity contribution in [3.05, 3.63) is 126 Å². The SMILES string of the molecule is NC(=NCc1cccc(CNC(=O)C(Cc2ccccc2)c2ccccc2)c1)NC(=O)Nc1ncccn1. The van der Waals surface area contributed by atoms with Gasteiger partial charge in [-0.3, -0.25) is 15.4 Å². The molecule has 9 nitrogen and oxygen atoms in total. The van der Waals surface area contributed by atoms with E-state index in [1.165, 1.54) is 12.4 Å². The first-order valence-electron chi connectivity index (χ1n) is 12.2. The van der Waals surface area contributed by atoms with Crippen LogP contribution >= 0.6 is 0 Å². The molecule has 0 saturated heterocycles. The molecular formula is C29H29N7O2. The molecule has 192 valence electrons. The zero-order valence-electron chi connectivity index (χ0n) is 20.7. The molecule has 0 aliphatic heterocycles. The molecule has 0 aliphatic rings. The summed E-state index contributed by atoms with van der Waals surface area (Å²) in [5, 5.41) is 7.99. The maximum Gasteiger partial charge on any atom is 0.328 e. The molecule has 0 bridgehead atoms. The third-order valence-corrected chi connectivity index (χ3v) is 5.72. The van der Waals surface area contributed by atoms with Crippen LogP contribution in [-0.4, -0.2) is 27.9 Å². The summed E-state index contributed by atoms with van der Waals surface area (Å²) in [6, 6.07) is 28.6. The minimum atomic E-state index is -0.586. The molecule has 38 heavy (non-hydrogen) atoms. The molecule has 0 radical (unpaired) electrons. The Morgan fingerprint density at radius 2 is 1.47 bits per heavy atom. The summed E-state index contributed by atoms with van der Waals surface area (Å²) < 4.78 is 0. The van der Waals surface area contributed by atoms with Gasteiger partial charge in [-0.1, -0.05) is 84.9 Å². The Morgan fingerprint density at radius 1 is 0.816 bits per heavy atom. The summed E-state index contributed by atoms with van der Waals surface area (Å²) >= 11 is 0. The predicted octanol–water partition coefficient (Wildman–Crippen LogP) is 3.76. The number of hydrogen-bond donors (Lipinski definition) is 4. The number of aromatic nitrogens is 2. The molecular weight excluding hydrogens is 478 g/mol. The highest BCUT2D eigenvalue weighted by Crippen LogP contribution is 2.21. The fraction of sp³-hybridized carbons (Fsp3) is 0.138. The van der Waals surface area contributed by atoms with Gasteiger partial charge < -0.3 is 11.1 Å². The largest absolute Gasteiger partial charge is 0.370 e. The summed E-state index contributed by atoms with van der Waals surface area (Å²) in [5.74, 6) is -0.218. The number of carbonyl (C=O) groups excluding carboxylic acids is 2. The second kappa shape index (κ2) is 13.3. The molecule has 4 rings (SSSR count). The number of urea groups is 1. The van der Waals surface area contributed by atoms with E-state index < -0.39 is 6.03 Å². The number of amides is 3. The number of nitrogens with one attached hydrogen (secondary N) is 3. The third-order valence-electron chi connectivity index (χ3n) is 5.72. The molecule has 1 aromatic heterocycles. The van der Waals surface area contributed by atoms with Crippen LogP contribution in [0, 0.1) is 0 Å². The highest BCUT2D eigenvalue weighted by atomic mass is 16.2. The van der Waals surface area contributed by atoms with Crippen molar-refractivity contribution < 1.29 is 9.59 Å². The lowest BCUT2D eigenvalue weighted by Gasteiger charge is -2.18. The lowest BCUT2D eigenvalue weighted by atomic mass is 9.91. The van der Waals surface area contributed by atoms with E-state index in [4.69, 9.17) is 5.73 Å². The molecule has 1 unspecified atom stereocenters. The number of nitrogens with zero attached hydrogens (tertiary/aromatic N) is 3. The highest BCUT2D eigenvalue weighted by Gasteiger charge is 2.20. The molecule has 5 N–H and O–H groups in total. The van der Waals surface area contributed by atoms with Crippen LogP contribution < -0.4 is 21.7 Å². The van der Waals surface area contributed by atoms with E-state index in [9.17, 15) is 9.59 Å². The van der Waals surface area contributed by atoms with Gasteiger partial charge in [0.05, 0.1) is 12.5 Å². The molecule has 3 amide bonds. The van der Waals surface area contributed by atoms with Gasteiger partial charge in [0, 0.05) is 18.9 Å². The van der Waals surface area contributed by atoms with Crippen LogP contribution in [0.25, 0.3) is 0 Å². The molecule has 0 aliphatic carbocycles. The number of nitrogens with two attached hydrogens (primary N) is 1. The summed E-state index contributed by atoms with van der Waals surface area (Å²) in [6.45, 7) is 0.637. The van der Waals surface area contributed by atoms with Crippen molar-refractivity contribution in [2.24, 2.45) is 10.7 Å². The first kappa shape index (κ1) is 26.0. The number of carbonyl (C=O) groups is 2. The molecule has 1 atom stereocenters. The van der Waals surface area contributed by atoms with Gasteiger partial charge in [-0.15, -0.1) is 0 Å². The van der Waals surface area contributed by atoms with Crippen molar-refractivity contribution in [3.63, 3.8) is 0 Å². The lowest BCUT2D eigenvalue weighted by molar-refractivity contribution is -0.122. The van der Waals surface area contributed by atoms with Gasteiger partial charge in [-0.05, 0) is 34.7 Å². The maximum absolute atomic E-state index is 13.3. The van der Waals surface area contributed by atoms with E-state index in [0.717, 1.165) is 22.3 Å². The first-order chi connectivity index (χ1) is 18.6. The zero-order chi connectivity index (χ0) is 26.6. The summed E-state index contributed by atoms with van der Waals surface area (Å²) in [7, 11) is 0. The number of aliphatic imine (C=N–C) groups is 1. The van der Waals surface area contributed by atoms with Gasteiger partial charge in [0.1, 0.15) is 0 Å². The van der Waals surface area contributed by atoms with Gasteiger partial charge in [-0.25, -0.2) is 19.8 Å². The minimum absolute atomic E-state index is 0.0367. The standard InChI is InChI=1S/C29H29N7O2/c30-27(35-29(38)36-28-31-15-8-16-32-28)34-20-23-12-7-11-22(17-23)19-33-26(37)25(24-13-5-2-6-14-24)18-21-9-3-1-4-10-21/h1-17,25H,18-20H2,(H,33,37)(H4,30,31,32,34,35,36,38). The Balaban J connectivity index is 1.33. The topological polar surface area (TPSA) is 134 Å². The Kier molecular flexibility index (Phi) is 9.12. The van der Waals surface area contributed by atoms with Crippen LogP contribution in [0.4, 0.5) is 10.7 Å². The average Bonchev–Trinajstić information content (AvgIpc) is 2.95. The molecule has 0 fully saturated rings. The number of anilines is 1. The van der Waals surface area contributed by atoms with Crippen LogP contribution in [0.2, 0.25) is 0 Å². The fourth-order valence-corrected chi connectivity index (χ4v) is 3.88. The van der Waals surface area contributed by atoms with Gasteiger partial charge in [0.25, 0.3) is 0 Å². The van der Waals surface area contributed by atoms with Gasteiger partial charge >= 0.3 is 6.03 Å². The van der Waals surface area contributed by atoms with Crippen LogP contribution in [0.5, 0.6) is 0 Å². The van der Waals surface area contributed by atoms with E-state index in [2.05, 4.69) is 30.9 Å². The molecule has 4 aromatic rings. The van der Waals surface area contributed by atoms with Crippen molar-refractivity contribution in [1.29, 1.82) is 0 Å². The predicted molar refractivity (Wildman–Crippen MR) is 147 cm³/mol. The van der Waals surface area contributed by atoms with Crippen molar-refractivity contribution >= 4 is 23.8 Å². The molecule has 3 aromatic carbocycles. The van der Waals surface area contributed by atoms with E-state index >= 15 is 0 Å². The van der Waals surface area contributed by atoms with Crippen molar-refractivity contribution in [1.82, 2.24) is 20.6 Å². The monoisotopic (exact) mass is 507 g/mol. The summed E-state index contributed by atoms with van der Waals surface area (Å²) in [4.78, 5) is 37.3. The van der Waals surface area contributed by atoms with Crippen LogP contribution in [0.1, 0.15) is 28.2 Å². The Labute approximate surface area is 221 Å². The maximum atomic E-state index is 13.3. The van der Waals surface area contributed by atoms with E-state index in [1.54, 1.807) is 6.07 Å². The van der Waals surface area contributed by atoms with Gasteiger partial charge in [0.2, 0.25) is 11.9 Å². The molecule has 9 heteroatoms. The third kappa shape index (κ3) is 7.99. The summed E-state index contributed by atoms with van der Waals surface area (Å²) in [5.41, 5.74) is 9.74. The minimum Gasteiger partial charge on any atom is -0.370 e. The van der Waals surface area contributed by atoms with Crippen molar-refractivity contribution in [2.75, 3.05) is 5.32 Å². The average molecular weight is 508 g/mol. The number of guanidine groups is 1. The van der Waals surface area contributed by atoms with Crippen LogP contribution in [0.15, 0.2) is 108 Å². The van der Waals surface area contributed by atoms with Gasteiger partial charge in [0.15, 0.2) is 5.96 Å². The van der Waals surface area contributed by atoms with E-state index in [1.807, 2.05) is 84.9 Å². The smallest absolute Gasteiger partial charge is 0.328 e. The zero-order valence-corrected chi connectivity index (χ0v) is 20.7. The normalized spacial score (nSPS) is 11.8. The number of hydrogen-bond acceptors (Lipinski definition) is 5. The number of rotatable bonds is 9. The number of benzene rings is 3. The van der Waals surface area contributed by atoms with Crippen molar-refractivity contribution in [3.8, 4) is 0 Å². The molecule has 0 saturated carbocycles. The Hall–Kier alpha value is -5.05. The highest BCUT2D eigenvalue weighted by molar-refractivity contribution is 6.01. The molecule has 1 heterocycles. The Morgan fingerprint density at radius 3 is 2.21 bits per heavy atom. The van der Waals surface area contributed by atoms with Crippen LogP contribution in [-0.2, 0) is 24.3 Å². The van der Waals surface area contributed by atoms with Crippen LogP contribution in [0.3, 0.4) is 0 Å². The first-order valence-corrected chi connectivity index (χ1v) is 12.2. The molecule has 0 spiro atoms. The van der Waals surface area contributed by atoms with Crippen molar-refractivity contribution in [2.45, 2.75) is 25.4 Å². The van der Waals surface area contributed by atoms with Gasteiger partial charge in [-0.2, -0.15) is 0 Å². The second-order valence-electron chi connectivity index (χ2n) is 8.54. The van der Waals surface area contributed by atoms with E-state index in [-0.39, 0.29) is 30.3 Å². The second-order valence-corrected chi connectivity index (χ2v) is 8.54. The van der Waals surface area contributed by atoms with E-state index in [0.29, 0.717) is 13.0 Å². The fourth-order valence-electron chi connectivity index (χ4n) is 3.88. The summed E-state index contributed by atoms with van der Waals surface area (Å²) in [6.07, 6.45) is 3.64. The quantitative estimate of drug-likeness (QED) is 0.202.